The van der Waals surface area contributed by atoms with Crippen LogP contribution in [-0.4, -0.2) is 15.0 Å². The highest BCUT2D eigenvalue weighted by Crippen LogP contribution is 2.58. The van der Waals surface area contributed by atoms with E-state index in [1.54, 1.807) is 6.33 Å². The summed E-state index contributed by atoms with van der Waals surface area (Å²) in [5.74, 6) is 1.30. The SMILES string of the molecule is c1ccc(-c2ccc(-c3ncnc(-c4cccc(-c5cccc6c5-c5ccccc5C6(c5ccccc5)c5ccccc5)c4)n3)cc2)cc1. The van der Waals surface area contributed by atoms with Crippen LogP contribution in [0.15, 0.2) is 188 Å². The lowest BCUT2D eigenvalue weighted by Crippen LogP contribution is -2.28. The van der Waals surface area contributed by atoms with Gasteiger partial charge in [0, 0.05) is 11.1 Å². The molecule has 49 heavy (non-hydrogen) atoms. The molecule has 1 aliphatic rings. The summed E-state index contributed by atoms with van der Waals surface area (Å²) in [7, 11) is 0. The maximum Gasteiger partial charge on any atom is 0.163 e. The summed E-state index contributed by atoms with van der Waals surface area (Å²) < 4.78 is 0. The number of benzene rings is 7. The highest BCUT2D eigenvalue weighted by molar-refractivity contribution is 5.95. The minimum Gasteiger partial charge on any atom is -0.217 e. The molecule has 0 saturated heterocycles. The number of rotatable bonds is 6. The Kier molecular flexibility index (Phi) is 7.02. The van der Waals surface area contributed by atoms with Crippen molar-refractivity contribution in [2.75, 3.05) is 0 Å². The summed E-state index contributed by atoms with van der Waals surface area (Å²) in [6, 6.07) is 64.8. The van der Waals surface area contributed by atoms with E-state index in [-0.39, 0.29) is 0 Å². The highest BCUT2D eigenvalue weighted by atomic mass is 15.0. The third-order valence-electron chi connectivity index (χ3n) is 9.74. The molecule has 7 aromatic carbocycles. The average molecular weight is 626 g/mol. The first kappa shape index (κ1) is 28.7. The first-order valence-corrected chi connectivity index (χ1v) is 16.6. The lowest BCUT2D eigenvalue weighted by atomic mass is 9.67. The molecule has 8 aromatic rings. The van der Waals surface area contributed by atoms with Crippen molar-refractivity contribution in [2.24, 2.45) is 0 Å². The van der Waals surface area contributed by atoms with Gasteiger partial charge in [0.2, 0.25) is 0 Å². The van der Waals surface area contributed by atoms with Gasteiger partial charge in [0.1, 0.15) is 6.33 Å². The minimum absolute atomic E-state index is 0.443. The molecule has 0 unspecified atom stereocenters. The highest BCUT2D eigenvalue weighted by Gasteiger charge is 2.46. The molecule has 0 atom stereocenters. The molecule has 0 aliphatic heterocycles. The van der Waals surface area contributed by atoms with Gasteiger partial charge in [-0.3, -0.25) is 0 Å². The molecule has 1 aromatic heterocycles. The fraction of sp³-hybridized carbons (Fsp3) is 0.0217. The van der Waals surface area contributed by atoms with Gasteiger partial charge in [-0.05, 0) is 61.7 Å². The zero-order chi connectivity index (χ0) is 32.6. The molecular weight excluding hydrogens is 595 g/mol. The fourth-order valence-electron chi connectivity index (χ4n) is 7.58. The Morgan fingerprint density at radius 2 is 0.837 bits per heavy atom. The van der Waals surface area contributed by atoms with E-state index in [1.165, 1.54) is 44.5 Å². The van der Waals surface area contributed by atoms with E-state index >= 15 is 0 Å². The van der Waals surface area contributed by atoms with Crippen LogP contribution in [-0.2, 0) is 5.41 Å². The maximum atomic E-state index is 4.94. The lowest BCUT2D eigenvalue weighted by Gasteiger charge is -2.34. The van der Waals surface area contributed by atoms with Crippen molar-refractivity contribution in [3.8, 4) is 56.2 Å². The van der Waals surface area contributed by atoms with E-state index in [2.05, 4.69) is 186 Å². The van der Waals surface area contributed by atoms with Crippen LogP contribution in [0, 0.1) is 0 Å². The number of nitrogens with zero attached hydrogens (tertiary/aromatic N) is 3. The van der Waals surface area contributed by atoms with Crippen molar-refractivity contribution >= 4 is 0 Å². The molecular formula is C46H31N3. The molecule has 9 rings (SSSR count). The number of aromatic nitrogens is 3. The molecule has 3 nitrogen and oxygen atoms in total. The Labute approximate surface area is 286 Å². The second-order valence-electron chi connectivity index (χ2n) is 12.4. The van der Waals surface area contributed by atoms with Crippen LogP contribution >= 0.6 is 0 Å². The Bertz CT molecular complexity index is 2380. The molecule has 0 spiro atoms. The Hall–Kier alpha value is -6.45. The number of hydrogen-bond acceptors (Lipinski definition) is 3. The van der Waals surface area contributed by atoms with Crippen LogP contribution in [0.2, 0.25) is 0 Å². The summed E-state index contributed by atoms with van der Waals surface area (Å²) in [6.07, 6.45) is 1.61. The van der Waals surface area contributed by atoms with Gasteiger partial charge in [0.15, 0.2) is 11.6 Å². The Morgan fingerprint density at radius 3 is 1.55 bits per heavy atom. The predicted molar refractivity (Wildman–Crippen MR) is 199 cm³/mol. The lowest BCUT2D eigenvalue weighted by molar-refractivity contribution is 0.768. The first-order chi connectivity index (χ1) is 24.3. The van der Waals surface area contributed by atoms with Crippen LogP contribution in [0.25, 0.3) is 56.2 Å². The largest absolute Gasteiger partial charge is 0.217 e. The van der Waals surface area contributed by atoms with Gasteiger partial charge in [-0.1, -0.05) is 176 Å². The third-order valence-corrected chi connectivity index (χ3v) is 9.74. The van der Waals surface area contributed by atoms with E-state index in [0.717, 1.165) is 22.3 Å². The zero-order valence-electron chi connectivity index (χ0n) is 26.7. The van der Waals surface area contributed by atoms with Gasteiger partial charge in [-0.15, -0.1) is 0 Å². The standard InChI is InChI=1S/C46H31N3/c1-4-14-32(15-5-1)33-26-28-34(29-27-33)44-47-31-48-45(49-44)36-17-12-16-35(30-36)39-23-13-25-42-43(39)40-22-10-11-24-41(40)46(42,37-18-6-2-7-19-37)38-20-8-3-9-21-38/h1-31H. The third kappa shape index (κ3) is 4.78. The topological polar surface area (TPSA) is 38.7 Å². The van der Waals surface area contributed by atoms with Gasteiger partial charge in [-0.25, -0.2) is 15.0 Å². The summed E-state index contributed by atoms with van der Waals surface area (Å²) >= 11 is 0. The monoisotopic (exact) mass is 625 g/mol. The molecule has 3 heteroatoms. The van der Waals surface area contributed by atoms with E-state index in [9.17, 15) is 0 Å². The summed E-state index contributed by atoms with van der Waals surface area (Å²) in [4.78, 5) is 14.1. The van der Waals surface area contributed by atoms with Crippen molar-refractivity contribution in [3.63, 3.8) is 0 Å². The van der Waals surface area contributed by atoms with E-state index in [0.29, 0.717) is 11.6 Å². The Morgan fingerprint density at radius 1 is 0.347 bits per heavy atom. The Balaban J connectivity index is 1.16. The van der Waals surface area contributed by atoms with Gasteiger partial charge in [-0.2, -0.15) is 0 Å². The van der Waals surface area contributed by atoms with E-state index in [1.807, 2.05) is 6.07 Å². The van der Waals surface area contributed by atoms with Gasteiger partial charge in [0.05, 0.1) is 5.41 Å². The summed E-state index contributed by atoms with van der Waals surface area (Å²) in [5.41, 5.74) is 13.7. The second-order valence-corrected chi connectivity index (χ2v) is 12.4. The minimum atomic E-state index is -0.443. The van der Waals surface area contributed by atoms with Crippen LogP contribution in [0.4, 0.5) is 0 Å². The van der Waals surface area contributed by atoms with Crippen molar-refractivity contribution in [1.29, 1.82) is 0 Å². The fourth-order valence-corrected chi connectivity index (χ4v) is 7.58. The molecule has 0 amide bonds. The average Bonchev–Trinajstić information content (AvgIpc) is 3.50. The second kappa shape index (κ2) is 12.0. The molecule has 1 aliphatic carbocycles. The maximum absolute atomic E-state index is 4.94. The zero-order valence-corrected chi connectivity index (χ0v) is 26.7. The quantitative estimate of drug-likeness (QED) is 0.185. The van der Waals surface area contributed by atoms with Crippen LogP contribution in [0.1, 0.15) is 22.3 Å². The summed E-state index contributed by atoms with van der Waals surface area (Å²) in [5, 5.41) is 0. The van der Waals surface area contributed by atoms with Crippen molar-refractivity contribution in [3.05, 3.63) is 211 Å². The smallest absolute Gasteiger partial charge is 0.163 e. The van der Waals surface area contributed by atoms with E-state index in [4.69, 9.17) is 4.98 Å². The van der Waals surface area contributed by atoms with Crippen molar-refractivity contribution in [1.82, 2.24) is 15.0 Å². The first-order valence-electron chi connectivity index (χ1n) is 16.6. The van der Waals surface area contributed by atoms with E-state index < -0.39 is 5.41 Å². The van der Waals surface area contributed by atoms with Gasteiger partial charge >= 0.3 is 0 Å². The molecule has 0 bridgehead atoms. The van der Waals surface area contributed by atoms with Crippen LogP contribution < -0.4 is 0 Å². The number of hydrogen-bond donors (Lipinski definition) is 0. The van der Waals surface area contributed by atoms with Gasteiger partial charge < -0.3 is 0 Å². The van der Waals surface area contributed by atoms with Crippen molar-refractivity contribution < 1.29 is 0 Å². The van der Waals surface area contributed by atoms with Crippen LogP contribution in [0.3, 0.4) is 0 Å². The van der Waals surface area contributed by atoms with Gasteiger partial charge in [0.25, 0.3) is 0 Å². The molecule has 230 valence electrons. The van der Waals surface area contributed by atoms with Crippen LogP contribution in [0.5, 0.6) is 0 Å². The molecule has 0 radical (unpaired) electrons. The molecule has 0 fully saturated rings. The normalized spacial score (nSPS) is 12.7. The van der Waals surface area contributed by atoms with Crippen molar-refractivity contribution in [2.45, 2.75) is 5.41 Å². The number of fused-ring (bicyclic) bond motifs is 3. The predicted octanol–water partition coefficient (Wildman–Crippen LogP) is 10.9. The molecule has 0 N–H and O–H groups in total. The summed E-state index contributed by atoms with van der Waals surface area (Å²) in [6.45, 7) is 0. The molecule has 1 heterocycles. The molecule has 0 saturated carbocycles.